The molecular weight excluding hydrogens is 350 g/mol. The Labute approximate surface area is 157 Å². The number of anilines is 1. The molecule has 0 fully saturated rings. The Kier molecular flexibility index (Phi) is 7.05. The number of carbonyl (C=O) groups excluding carboxylic acids is 1. The fraction of sp³-hybridized carbons (Fsp3) is 0.300. The van der Waals surface area contributed by atoms with Crippen molar-refractivity contribution in [2.45, 2.75) is 19.8 Å². The van der Waals surface area contributed by atoms with Gasteiger partial charge in [-0.3, -0.25) is 4.79 Å². The van der Waals surface area contributed by atoms with Crippen molar-refractivity contribution in [1.82, 2.24) is 0 Å². The molecule has 0 aromatic heterocycles. The van der Waals surface area contributed by atoms with Crippen LogP contribution < -0.4 is 19.5 Å². The maximum absolute atomic E-state index is 12.5. The van der Waals surface area contributed by atoms with E-state index in [1.54, 1.807) is 31.4 Å². The van der Waals surface area contributed by atoms with Gasteiger partial charge in [0.05, 0.1) is 38.5 Å². The van der Waals surface area contributed by atoms with Crippen LogP contribution in [0.5, 0.6) is 17.2 Å². The zero-order valence-electron chi connectivity index (χ0n) is 15.6. The zero-order chi connectivity index (χ0) is 19.8. The molecule has 7 heteroatoms. The van der Waals surface area contributed by atoms with Gasteiger partial charge in [-0.1, -0.05) is 13.0 Å². The van der Waals surface area contributed by atoms with Gasteiger partial charge in [0.2, 0.25) is 5.91 Å². The van der Waals surface area contributed by atoms with Crippen molar-refractivity contribution >= 4 is 17.6 Å². The van der Waals surface area contributed by atoms with Crippen molar-refractivity contribution < 1.29 is 28.9 Å². The fourth-order valence-electron chi connectivity index (χ4n) is 2.46. The lowest BCUT2D eigenvalue weighted by Crippen LogP contribution is -2.16. The van der Waals surface area contributed by atoms with Gasteiger partial charge in [0.15, 0.2) is 0 Å². The summed E-state index contributed by atoms with van der Waals surface area (Å²) in [5, 5.41) is 11.9. The van der Waals surface area contributed by atoms with Crippen LogP contribution in [-0.4, -0.2) is 37.8 Å². The molecule has 2 N–H and O–H groups in total. The molecule has 0 saturated heterocycles. The predicted octanol–water partition coefficient (Wildman–Crippen LogP) is 3.37. The Bertz CT molecular complexity index is 818. The molecule has 0 unspecified atom stereocenters. The average molecular weight is 373 g/mol. The molecule has 27 heavy (non-hydrogen) atoms. The number of methoxy groups -OCH3 is 2. The van der Waals surface area contributed by atoms with Crippen LogP contribution in [0.3, 0.4) is 0 Å². The summed E-state index contributed by atoms with van der Waals surface area (Å²) in [5.74, 6) is 0.190. The van der Waals surface area contributed by atoms with Crippen LogP contribution in [0.25, 0.3) is 0 Å². The lowest BCUT2D eigenvalue weighted by atomic mass is 10.1. The topological polar surface area (TPSA) is 94.1 Å². The van der Waals surface area contributed by atoms with E-state index >= 15 is 0 Å². The largest absolute Gasteiger partial charge is 0.497 e. The summed E-state index contributed by atoms with van der Waals surface area (Å²) < 4.78 is 16.1. The number of carboxylic acids is 1. The summed E-state index contributed by atoms with van der Waals surface area (Å²) in [6.07, 6.45) is 0.842. The molecule has 0 radical (unpaired) electrons. The van der Waals surface area contributed by atoms with Crippen LogP contribution in [0, 0.1) is 0 Å². The molecule has 0 spiro atoms. The monoisotopic (exact) mass is 373 g/mol. The van der Waals surface area contributed by atoms with Gasteiger partial charge in [-0.15, -0.1) is 0 Å². The van der Waals surface area contributed by atoms with E-state index in [1.165, 1.54) is 19.2 Å². The van der Waals surface area contributed by atoms with E-state index in [0.29, 0.717) is 35.1 Å². The molecule has 2 aromatic rings. The molecule has 2 aromatic carbocycles. The quantitative estimate of drug-likeness (QED) is 0.700. The number of hydrogen-bond donors (Lipinski definition) is 2. The molecule has 2 rings (SSSR count). The van der Waals surface area contributed by atoms with E-state index < -0.39 is 5.97 Å². The van der Waals surface area contributed by atoms with Gasteiger partial charge in [-0.25, -0.2) is 4.79 Å². The first kappa shape index (κ1) is 20.1. The number of amides is 1. The van der Waals surface area contributed by atoms with Crippen molar-refractivity contribution in [1.29, 1.82) is 0 Å². The zero-order valence-corrected chi connectivity index (χ0v) is 15.6. The van der Waals surface area contributed by atoms with E-state index in [2.05, 4.69) is 5.32 Å². The minimum atomic E-state index is -1.08. The van der Waals surface area contributed by atoms with Gasteiger partial charge in [0.25, 0.3) is 0 Å². The summed E-state index contributed by atoms with van der Waals surface area (Å²) in [5.41, 5.74) is 1.07. The van der Waals surface area contributed by atoms with E-state index in [-0.39, 0.29) is 17.9 Å². The van der Waals surface area contributed by atoms with Gasteiger partial charge in [-0.05, 0) is 30.7 Å². The van der Waals surface area contributed by atoms with Crippen molar-refractivity contribution in [2.75, 3.05) is 26.1 Å². The molecule has 0 atom stereocenters. The number of aromatic carboxylic acids is 1. The Morgan fingerprint density at radius 1 is 1.04 bits per heavy atom. The second-order valence-corrected chi connectivity index (χ2v) is 5.77. The summed E-state index contributed by atoms with van der Waals surface area (Å²) in [6, 6.07) is 9.56. The Morgan fingerprint density at radius 2 is 1.81 bits per heavy atom. The lowest BCUT2D eigenvalue weighted by molar-refractivity contribution is -0.115. The smallest absolute Gasteiger partial charge is 0.335 e. The highest BCUT2D eigenvalue weighted by atomic mass is 16.5. The first-order valence-corrected chi connectivity index (χ1v) is 8.49. The average Bonchev–Trinajstić information content (AvgIpc) is 2.67. The maximum atomic E-state index is 12.5. The SMILES string of the molecule is CCCOc1ccc(C(=O)O)cc1NC(=O)Cc1ccc(OC)cc1OC. The standard InChI is InChI=1S/C20H23NO6/c1-4-9-27-17-8-6-14(20(23)24)10-16(17)21-19(22)11-13-5-7-15(25-2)12-18(13)26-3/h5-8,10,12H,4,9,11H2,1-3H3,(H,21,22)(H,23,24). The minimum absolute atomic E-state index is 0.0533. The third kappa shape index (κ3) is 5.37. The van der Waals surface area contributed by atoms with E-state index in [0.717, 1.165) is 6.42 Å². The maximum Gasteiger partial charge on any atom is 0.335 e. The summed E-state index contributed by atoms with van der Waals surface area (Å²) in [6.45, 7) is 2.42. The highest BCUT2D eigenvalue weighted by Gasteiger charge is 2.15. The van der Waals surface area contributed by atoms with Crippen molar-refractivity contribution in [3.05, 3.63) is 47.5 Å². The number of benzene rings is 2. The van der Waals surface area contributed by atoms with Crippen molar-refractivity contribution in [2.24, 2.45) is 0 Å². The Balaban J connectivity index is 2.21. The Morgan fingerprint density at radius 3 is 2.44 bits per heavy atom. The first-order chi connectivity index (χ1) is 13.0. The summed E-state index contributed by atoms with van der Waals surface area (Å²) in [4.78, 5) is 23.7. The highest BCUT2D eigenvalue weighted by Crippen LogP contribution is 2.28. The molecule has 0 aliphatic heterocycles. The normalized spacial score (nSPS) is 10.2. The predicted molar refractivity (Wildman–Crippen MR) is 101 cm³/mol. The van der Waals surface area contributed by atoms with E-state index in [9.17, 15) is 14.7 Å². The molecule has 0 heterocycles. The second-order valence-electron chi connectivity index (χ2n) is 5.77. The second kappa shape index (κ2) is 9.47. The van der Waals surface area contributed by atoms with Crippen molar-refractivity contribution in [3.8, 4) is 17.2 Å². The van der Waals surface area contributed by atoms with Crippen molar-refractivity contribution in [3.63, 3.8) is 0 Å². The number of rotatable bonds is 9. The number of ether oxygens (including phenoxy) is 3. The molecule has 7 nitrogen and oxygen atoms in total. The van der Waals surface area contributed by atoms with E-state index in [1.807, 2.05) is 6.92 Å². The third-order valence-electron chi connectivity index (χ3n) is 3.81. The van der Waals surface area contributed by atoms with E-state index in [4.69, 9.17) is 14.2 Å². The lowest BCUT2D eigenvalue weighted by Gasteiger charge is -2.14. The molecule has 0 aliphatic carbocycles. The number of carboxylic acid groups (broad SMARTS) is 1. The minimum Gasteiger partial charge on any atom is -0.497 e. The fourth-order valence-corrected chi connectivity index (χ4v) is 2.46. The molecule has 0 aliphatic rings. The molecule has 1 amide bonds. The summed E-state index contributed by atoms with van der Waals surface area (Å²) >= 11 is 0. The molecule has 144 valence electrons. The van der Waals surface area contributed by atoms with Gasteiger partial charge >= 0.3 is 5.97 Å². The number of hydrogen-bond acceptors (Lipinski definition) is 5. The first-order valence-electron chi connectivity index (χ1n) is 8.49. The third-order valence-corrected chi connectivity index (χ3v) is 3.81. The van der Waals surface area contributed by atoms with Gasteiger partial charge < -0.3 is 24.6 Å². The van der Waals surface area contributed by atoms with Gasteiger partial charge in [-0.2, -0.15) is 0 Å². The van der Waals surface area contributed by atoms with Gasteiger partial charge in [0, 0.05) is 11.6 Å². The van der Waals surface area contributed by atoms with Gasteiger partial charge in [0.1, 0.15) is 17.2 Å². The molecule has 0 saturated carbocycles. The van der Waals surface area contributed by atoms with Crippen LogP contribution in [0.15, 0.2) is 36.4 Å². The van der Waals surface area contributed by atoms with Crippen LogP contribution in [0.4, 0.5) is 5.69 Å². The molecular formula is C20H23NO6. The van der Waals surface area contributed by atoms with Crippen LogP contribution in [0.1, 0.15) is 29.3 Å². The number of nitrogens with one attached hydrogen (secondary N) is 1. The van der Waals surface area contributed by atoms with Crippen LogP contribution in [0.2, 0.25) is 0 Å². The highest BCUT2D eigenvalue weighted by molar-refractivity contribution is 5.96. The Hall–Kier alpha value is -3.22. The number of carbonyl (C=O) groups is 2. The van der Waals surface area contributed by atoms with Crippen LogP contribution >= 0.6 is 0 Å². The summed E-state index contributed by atoms with van der Waals surface area (Å²) in [7, 11) is 3.07. The van der Waals surface area contributed by atoms with Crippen LogP contribution in [-0.2, 0) is 11.2 Å². The molecule has 0 bridgehead atoms.